The van der Waals surface area contributed by atoms with E-state index in [0.29, 0.717) is 12.8 Å². The van der Waals surface area contributed by atoms with E-state index < -0.39 is 0 Å². The predicted octanol–water partition coefficient (Wildman–Crippen LogP) is 3.60. The maximum atomic E-state index is 13.0. The van der Waals surface area contributed by atoms with Crippen molar-refractivity contribution in [2.75, 3.05) is 6.61 Å². The lowest BCUT2D eigenvalue weighted by Crippen LogP contribution is -2.20. The molecule has 1 unspecified atom stereocenters. The van der Waals surface area contributed by atoms with Crippen LogP contribution in [-0.4, -0.2) is 18.5 Å². The van der Waals surface area contributed by atoms with Gasteiger partial charge in [-0.15, -0.1) is 0 Å². The summed E-state index contributed by atoms with van der Waals surface area (Å²) in [6, 6.07) is 4.60. The van der Waals surface area contributed by atoms with Gasteiger partial charge >= 0.3 is 0 Å². The molecule has 1 heterocycles. The fourth-order valence-electron chi connectivity index (χ4n) is 2.52. The standard InChI is InChI=1S/C16H21FO2/c1-12-10-14(17)6-5-13(12)11-15(18)7-8-16-4-2-3-9-19-16/h5-6,10,16H,2-4,7-9,11H2,1H3. The summed E-state index contributed by atoms with van der Waals surface area (Å²) in [7, 11) is 0. The van der Waals surface area contributed by atoms with Crippen molar-refractivity contribution in [3.63, 3.8) is 0 Å². The fraction of sp³-hybridized carbons (Fsp3) is 0.562. The highest BCUT2D eigenvalue weighted by Gasteiger charge is 2.15. The summed E-state index contributed by atoms with van der Waals surface area (Å²) in [4.78, 5) is 11.9. The summed E-state index contributed by atoms with van der Waals surface area (Å²) < 4.78 is 18.6. The molecule has 2 rings (SSSR count). The van der Waals surface area contributed by atoms with Crippen LogP contribution >= 0.6 is 0 Å². The molecular formula is C16H21FO2. The summed E-state index contributed by atoms with van der Waals surface area (Å²) in [5.74, 6) is -0.0341. The van der Waals surface area contributed by atoms with Crippen LogP contribution in [0.15, 0.2) is 18.2 Å². The van der Waals surface area contributed by atoms with Gasteiger partial charge in [-0.05, 0) is 55.9 Å². The Morgan fingerprint density at radius 2 is 2.26 bits per heavy atom. The highest BCUT2D eigenvalue weighted by atomic mass is 19.1. The van der Waals surface area contributed by atoms with Crippen LogP contribution in [0.4, 0.5) is 4.39 Å². The van der Waals surface area contributed by atoms with Gasteiger partial charge < -0.3 is 4.74 Å². The number of carbonyl (C=O) groups excluding carboxylic acids is 1. The van der Waals surface area contributed by atoms with Crippen molar-refractivity contribution < 1.29 is 13.9 Å². The van der Waals surface area contributed by atoms with Crippen LogP contribution < -0.4 is 0 Å². The van der Waals surface area contributed by atoms with Gasteiger partial charge in [-0.1, -0.05) is 6.07 Å². The van der Waals surface area contributed by atoms with Crippen LogP contribution in [0, 0.1) is 12.7 Å². The molecule has 1 aliphatic heterocycles. The number of Topliss-reactive ketones (excluding diaryl/α,β-unsaturated/α-hetero) is 1. The Hall–Kier alpha value is -1.22. The minimum Gasteiger partial charge on any atom is -0.378 e. The molecule has 0 radical (unpaired) electrons. The number of aryl methyl sites for hydroxylation is 1. The monoisotopic (exact) mass is 264 g/mol. The molecule has 1 atom stereocenters. The van der Waals surface area contributed by atoms with Gasteiger partial charge in [-0.2, -0.15) is 0 Å². The second kappa shape index (κ2) is 6.80. The lowest BCUT2D eigenvalue weighted by atomic mass is 9.98. The number of ketones is 1. The summed E-state index contributed by atoms with van der Waals surface area (Å²) >= 11 is 0. The molecule has 2 nitrogen and oxygen atoms in total. The minimum atomic E-state index is -0.246. The summed E-state index contributed by atoms with van der Waals surface area (Å²) in [5.41, 5.74) is 1.78. The second-order valence-corrected chi connectivity index (χ2v) is 5.31. The third-order valence-corrected chi connectivity index (χ3v) is 3.71. The molecule has 1 saturated heterocycles. The lowest BCUT2D eigenvalue weighted by Gasteiger charge is -2.22. The molecule has 104 valence electrons. The normalized spacial score (nSPS) is 19.4. The van der Waals surface area contributed by atoms with E-state index >= 15 is 0 Å². The molecule has 0 N–H and O–H groups in total. The molecule has 0 aromatic heterocycles. The van der Waals surface area contributed by atoms with Gasteiger partial charge in [-0.25, -0.2) is 4.39 Å². The Bertz CT molecular complexity index is 436. The average molecular weight is 264 g/mol. The van der Waals surface area contributed by atoms with E-state index in [1.165, 1.54) is 18.6 Å². The Labute approximate surface area is 114 Å². The zero-order valence-electron chi connectivity index (χ0n) is 11.5. The van der Waals surface area contributed by atoms with E-state index in [-0.39, 0.29) is 17.7 Å². The Balaban J connectivity index is 1.80. The third-order valence-electron chi connectivity index (χ3n) is 3.71. The molecule has 3 heteroatoms. The van der Waals surface area contributed by atoms with Gasteiger partial charge in [0.15, 0.2) is 0 Å². The van der Waals surface area contributed by atoms with E-state index in [1.54, 1.807) is 6.07 Å². The number of hydrogen-bond donors (Lipinski definition) is 0. The smallest absolute Gasteiger partial charge is 0.137 e. The van der Waals surface area contributed by atoms with Crippen molar-refractivity contribution in [2.24, 2.45) is 0 Å². The Morgan fingerprint density at radius 1 is 1.42 bits per heavy atom. The van der Waals surface area contributed by atoms with Crippen molar-refractivity contribution in [1.82, 2.24) is 0 Å². The molecule has 0 saturated carbocycles. The number of hydrogen-bond acceptors (Lipinski definition) is 2. The lowest BCUT2D eigenvalue weighted by molar-refractivity contribution is -0.119. The molecule has 19 heavy (non-hydrogen) atoms. The van der Waals surface area contributed by atoms with Gasteiger partial charge in [0.05, 0.1) is 6.10 Å². The molecular weight excluding hydrogens is 243 g/mol. The quantitative estimate of drug-likeness (QED) is 0.812. The molecule has 0 aliphatic carbocycles. The van der Waals surface area contributed by atoms with E-state index in [4.69, 9.17) is 4.74 Å². The first kappa shape index (κ1) is 14.2. The average Bonchev–Trinajstić information content (AvgIpc) is 2.41. The highest BCUT2D eigenvalue weighted by molar-refractivity contribution is 5.81. The van der Waals surface area contributed by atoms with Crippen molar-refractivity contribution in [1.29, 1.82) is 0 Å². The fourth-order valence-corrected chi connectivity index (χ4v) is 2.52. The summed E-state index contributed by atoms with van der Waals surface area (Å²) in [5, 5.41) is 0. The van der Waals surface area contributed by atoms with Gasteiger partial charge in [0, 0.05) is 19.4 Å². The van der Waals surface area contributed by atoms with Crippen molar-refractivity contribution in [2.45, 2.75) is 51.6 Å². The molecule has 0 amide bonds. The van der Waals surface area contributed by atoms with Crippen LogP contribution in [-0.2, 0) is 16.0 Å². The van der Waals surface area contributed by atoms with E-state index in [1.807, 2.05) is 6.92 Å². The number of halogens is 1. The Kier molecular flexibility index (Phi) is 5.08. The van der Waals surface area contributed by atoms with Gasteiger partial charge in [0.2, 0.25) is 0 Å². The Morgan fingerprint density at radius 3 is 2.95 bits per heavy atom. The molecule has 1 aliphatic rings. The van der Waals surface area contributed by atoms with Gasteiger partial charge in [0.25, 0.3) is 0 Å². The van der Waals surface area contributed by atoms with Crippen molar-refractivity contribution in [3.05, 3.63) is 35.1 Å². The first-order valence-corrected chi connectivity index (χ1v) is 7.03. The summed E-state index contributed by atoms with van der Waals surface area (Å²) in [6.45, 7) is 2.67. The number of carbonyl (C=O) groups is 1. The minimum absolute atomic E-state index is 0.212. The maximum Gasteiger partial charge on any atom is 0.137 e. The van der Waals surface area contributed by atoms with E-state index in [0.717, 1.165) is 37.0 Å². The van der Waals surface area contributed by atoms with Gasteiger partial charge in [-0.3, -0.25) is 4.79 Å². The topological polar surface area (TPSA) is 26.3 Å². The molecule has 0 spiro atoms. The van der Waals surface area contributed by atoms with E-state index in [9.17, 15) is 9.18 Å². The zero-order chi connectivity index (χ0) is 13.7. The van der Waals surface area contributed by atoms with Crippen molar-refractivity contribution in [3.8, 4) is 0 Å². The summed E-state index contributed by atoms with van der Waals surface area (Å²) in [6.07, 6.45) is 5.45. The molecule has 0 bridgehead atoms. The first-order valence-electron chi connectivity index (χ1n) is 7.03. The predicted molar refractivity (Wildman–Crippen MR) is 72.7 cm³/mol. The van der Waals surface area contributed by atoms with Crippen molar-refractivity contribution >= 4 is 5.78 Å². The van der Waals surface area contributed by atoms with Crippen LogP contribution in [0.25, 0.3) is 0 Å². The second-order valence-electron chi connectivity index (χ2n) is 5.31. The van der Waals surface area contributed by atoms with Gasteiger partial charge in [0.1, 0.15) is 11.6 Å². The largest absolute Gasteiger partial charge is 0.378 e. The number of rotatable bonds is 5. The SMILES string of the molecule is Cc1cc(F)ccc1CC(=O)CCC1CCCCO1. The van der Waals surface area contributed by atoms with Crippen LogP contribution in [0.2, 0.25) is 0 Å². The van der Waals surface area contributed by atoms with E-state index in [2.05, 4.69) is 0 Å². The number of benzene rings is 1. The van der Waals surface area contributed by atoms with Crippen LogP contribution in [0.1, 0.15) is 43.2 Å². The van der Waals surface area contributed by atoms with Crippen LogP contribution in [0.3, 0.4) is 0 Å². The van der Waals surface area contributed by atoms with Crippen LogP contribution in [0.5, 0.6) is 0 Å². The molecule has 1 aromatic carbocycles. The molecule has 1 aromatic rings. The zero-order valence-corrected chi connectivity index (χ0v) is 11.5. The molecule has 1 fully saturated rings. The number of ether oxygens (including phenoxy) is 1. The maximum absolute atomic E-state index is 13.0. The first-order chi connectivity index (χ1) is 9.15. The third kappa shape index (κ3) is 4.43. The highest BCUT2D eigenvalue weighted by Crippen LogP contribution is 2.18.